The third kappa shape index (κ3) is 2.22. The molecule has 2 nitrogen and oxygen atoms in total. The summed E-state index contributed by atoms with van der Waals surface area (Å²) in [6.45, 7) is 1.72. The van der Waals surface area contributed by atoms with E-state index in [1.54, 1.807) is 26.2 Å². The van der Waals surface area contributed by atoms with E-state index in [4.69, 9.17) is 4.74 Å². The number of rotatable bonds is 2. The number of benzene rings is 1. The number of aryl methyl sites for hydroxylation is 1. The van der Waals surface area contributed by atoms with Crippen LogP contribution in [-0.2, 0) is 10.3 Å². The third-order valence-electron chi connectivity index (χ3n) is 3.75. The van der Waals surface area contributed by atoms with Gasteiger partial charge in [0.25, 0.3) is 0 Å². The molecule has 17 heavy (non-hydrogen) atoms. The first-order chi connectivity index (χ1) is 8.08. The van der Waals surface area contributed by atoms with Crippen LogP contribution in [0.1, 0.15) is 36.8 Å². The van der Waals surface area contributed by atoms with Crippen LogP contribution in [0.4, 0.5) is 4.39 Å². The highest BCUT2D eigenvalue weighted by Gasteiger charge is 2.40. The minimum Gasteiger partial charge on any atom is -0.382 e. The van der Waals surface area contributed by atoms with Gasteiger partial charge in [-0.3, -0.25) is 0 Å². The first kappa shape index (κ1) is 12.5. The van der Waals surface area contributed by atoms with E-state index in [2.05, 4.69) is 0 Å². The topological polar surface area (TPSA) is 29.5 Å². The van der Waals surface area contributed by atoms with Crippen LogP contribution in [0.5, 0.6) is 0 Å². The number of ether oxygens (including phenoxy) is 1. The lowest BCUT2D eigenvalue weighted by molar-refractivity contribution is -0.122. The van der Waals surface area contributed by atoms with Gasteiger partial charge in [-0.25, -0.2) is 4.39 Å². The first-order valence-corrected chi connectivity index (χ1v) is 6.10. The van der Waals surface area contributed by atoms with Crippen molar-refractivity contribution >= 4 is 0 Å². The van der Waals surface area contributed by atoms with E-state index >= 15 is 0 Å². The maximum atomic E-state index is 13.3. The summed E-state index contributed by atoms with van der Waals surface area (Å²) in [4.78, 5) is 0. The van der Waals surface area contributed by atoms with E-state index in [-0.39, 0.29) is 11.9 Å². The highest BCUT2D eigenvalue weighted by molar-refractivity contribution is 5.30. The third-order valence-corrected chi connectivity index (χ3v) is 3.75. The number of methoxy groups -OCH3 is 1. The van der Waals surface area contributed by atoms with Crippen LogP contribution in [0.15, 0.2) is 18.2 Å². The smallest absolute Gasteiger partial charge is 0.126 e. The van der Waals surface area contributed by atoms with Crippen molar-refractivity contribution in [2.45, 2.75) is 44.3 Å². The van der Waals surface area contributed by atoms with Gasteiger partial charge in [0.1, 0.15) is 11.4 Å². The summed E-state index contributed by atoms with van der Waals surface area (Å²) in [5.74, 6) is -0.234. The molecule has 1 saturated carbocycles. The Morgan fingerprint density at radius 3 is 2.82 bits per heavy atom. The van der Waals surface area contributed by atoms with Crippen molar-refractivity contribution in [1.29, 1.82) is 0 Å². The summed E-state index contributed by atoms with van der Waals surface area (Å²) < 4.78 is 18.6. The molecule has 2 atom stereocenters. The van der Waals surface area contributed by atoms with Crippen molar-refractivity contribution in [1.82, 2.24) is 0 Å². The average Bonchev–Trinajstić information content (AvgIpc) is 2.33. The molecule has 1 aliphatic rings. The molecule has 0 aromatic heterocycles. The fourth-order valence-corrected chi connectivity index (χ4v) is 2.68. The van der Waals surface area contributed by atoms with Crippen molar-refractivity contribution in [3.63, 3.8) is 0 Å². The molecule has 0 amide bonds. The lowest BCUT2D eigenvalue weighted by atomic mass is 9.77. The second-order valence-corrected chi connectivity index (χ2v) is 4.86. The Morgan fingerprint density at radius 1 is 1.41 bits per heavy atom. The molecule has 0 spiro atoms. The highest BCUT2D eigenvalue weighted by Crippen LogP contribution is 2.39. The molecule has 3 heteroatoms. The fourth-order valence-electron chi connectivity index (χ4n) is 2.68. The normalized spacial score (nSPS) is 29.3. The first-order valence-electron chi connectivity index (χ1n) is 6.10. The standard InChI is InChI=1S/C14H19FO2/c1-10-9-11(6-7-12(10)15)14(16)8-4-3-5-13(14)17-2/h6-7,9,13,16H,3-5,8H2,1-2H3. The maximum Gasteiger partial charge on any atom is 0.126 e. The molecule has 1 aromatic rings. The Labute approximate surface area is 101 Å². The molecular weight excluding hydrogens is 219 g/mol. The quantitative estimate of drug-likeness (QED) is 0.858. The minimum absolute atomic E-state index is 0.193. The van der Waals surface area contributed by atoms with Gasteiger partial charge >= 0.3 is 0 Å². The van der Waals surface area contributed by atoms with E-state index in [1.807, 2.05) is 0 Å². The molecule has 0 aliphatic heterocycles. The summed E-state index contributed by atoms with van der Waals surface area (Å²) in [6.07, 6.45) is 3.38. The summed E-state index contributed by atoms with van der Waals surface area (Å²) in [7, 11) is 1.62. The van der Waals surface area contributed by atoms with Crippen molar-refractivity contribution in [2.75, 3.05) is 7.11 Å². The number of hydrogen-bond acceptors (Lipinski definition) is 2. The van der Waals surface area contributed by atoms with Crippen LogP contribution in [0, 0.1) is 12.7 Å². The van der Waals surface area contributed by atoms with Gasteiger partial charge in [-0.1, -0.05) is 25.0 Å². The molecule has 2 unspecified atom stereocenters. The van der Waals surface area contributed by atoms with Crippen LogP contribution in [-0.4, -0.2) is 18.3 Å². The van der Waals surface area contributed by atoms with Crippen molar-refractivity contribution in [3.05, 3.63) is 35.1 Å². The Hall–Kier alpha value is -0.930. The van der Waals surface area contributed by atoms with Gasteiger partial charge in [0.15, 0.2) is 0 Å². The van der Waals surface area contributed by atoms with Crippen LogP contribution < -0.4 is 0 Å². The van der Waals surface area contributed by atoms with E-state index in [0.29, 0.717) is 12.0 Å². The average molecular weight is 238 g/mol. The van der Waals surface area contributed by atoms with Crippen LogP contribution >= 0.6 is 0 Å². The maximum absolute atomic E-state index is 13.3. The lowest BCUT2D eigenvalue weighted by Gasteiger charge is -2.39. The molecule has 0 heterocycles. The number of halogens is 1. The zero-order valence-corrected chi connectivity index (χ0v) is 10.4. The number of aliphatic hydroxyl groups is 1. The second kappa shape index (κ2) is 4.75. The Morgan fingerprint density at radius 2 is 2.18 bits per heavy atom. The monoisotopic (exact) mass is 238 g/mol. The van der Waals surface area contributed by atoms with Gasteiger partial charge in [-0.2, -0.15) is 0 Å². The summed E-state index contributed by atoms with van der Waals surface area (Å²) in [5.41, 5.74) is 0.366. The van der Waals surface area contributed by atoms with Crippen LogP contribution in [0.3, 0.4) is 0 Å². The molecule has 1 fully saturated rings. The minimum atomic E-state index is -0.967. The molecule has 0 radical (unpaired) electrons. The summed E-state index contributed by atoms with van der Waals surface area (Å²) >= 11 is 0. The van der Waals surface area contributed by atoms with E-state index in [1.165, 1.54) is 6.07 Å². The van der Waals surface area contributed by atoms with Gasteiger partial charge in [0, 0.05) is 7.11 Å². The van der Waals surface area contributed by atoms with Crippen LogP contribution in [0.25, 0.3) is 0 Å². The molecule has 1 N–H and O–H groups in total. The van der Waals surface area contributed by atoms with E-state index in [0.717, 1.165) is 24.8 Å². The van der Waals surface area contributed by atoms with Gasteiger partial charge in [-0.15, -0.1) is 0 Å². The van der Waals surface area contributed by atoms with Gasteiger partial charge < -0.3 is 9.84 Å². The Kier molecular flexibility index (Phi) is 3.50. The van der Waals surface area contributed by atoms with Crippen molar-refractivity contribution in [2.24, 2.45) is 0 Å². The van der Waals surface area contributed by atoms with Gasteiger partial charge in [-0.05, 0) is 37.0 Å². The van der Waals surface area contributed by atoms with Gasteiger partial charge in [0.05, 0.1) is 6.10 Å². The second-order valence-electron chi connectivity index (χ2n) is 4.86. The summed E-state index contributed by atoms with van der Waals surface area (Å²) in [5, 5.41) is 10.8. The predicted octanol–water partition coefficient (Wildman–Crippen LogP) is 2.91. The van der Waals surface area contributed by atoms with Gasteiger partial charge in [0.2, 0.25) is 0 Å². The molecule has 0 bridgehead atoms. The zero-order chi connectivity index (χ0) is 12.5. The van der Waals surface area contributed by atoms with E-state index in [9.17, 15) is 9.50 Å². The zero-order valence-electron chi connectivity index (χ0n) is 10.4. The van der Waals surface area contributed by atoms with E-state index < -0.39 is 5.60 Å². The largest absolute Gasteiger partial charge is 0.382 e. The predicted molar refractivity (Wildman–Crippen MR) is 64.3 cm³/mol. The highest BCUT2D eigenvalue weighted by atomic mass is 19.1. The summed E-state index contributed by atoms with van der Waals surface area (Å²) in [6, 6.07) is 4.82. The molecule has 94 valence electrons. The van der Waals surface area contributed by atoms with Crippen molar-refractivity contribution in [3.8, 4) is 0 Å². The lowest BCUT2D eigenvalue weighted by Crippen LogP contribution is -2.43. The Balaban J connectivity index is 2.37. The molecule has 2 rings (SSSR count). The number of hydrogen-bond donors (Lipinski definition) is 1. The molecule has 0 saturated heterocycles. The molecule has 1 aliphatic carbocycles. The Bertz CT molecular complexity index is 405. The van der Waals surface area contributed by atoms with Crippen molar-refractivity contribution < 1.29 is 14.2 Å². The fraction of sp³-hybridized carbons (Fsp3) is 0.571. The molecule has 1 aromatic carbocycles. The van der Waals surface area contributed by atoms with Crippen LogP contribution in [0.2, 0.25) is 0 Å². The SMILES string of the molecule is COC1CCCCC1(O)c1ccc(F)c(C)c1. The molecular formula is C14H19FO2.